The number of hydrogen-bond acceptors (Lipinski definition) is 2. The lowest BCUT2D eigenvalue weighted by Gasteiger charge is -2.19. The molecule has 0 aliphatic carbocycles. The van der Waals surface area contributed by atoms with E-state index in [9.17, 15) is 0 Å². The lowest BCUT2D eigenvalue weighted by Crippen LogP contribution is -2.34. The average Bonchev–Trinajstić information content (AvgIpc) is 2.20. The number of nitrogens with one attached hydrogen (secondary N) is 1. The zero-order chi connectivity index (χ0) is 11.5. The summed E-state index contributed by atoms with van der Waals surface area (Å²) < 4.78 is 5.65. The normalized spacial score (nSPS) is 13.4. The van der Waals surface area contributed by atoms with Gasteiger partial charge >= 0.3 is 0 Å². The van der Waals surface area contributed by atoms with Crippen LogP contribution in [0.15, 0.2) is 0 Å². The van der Waals surface area contributed by atoms with Crippen molar-refractivity contribution >= 4 is 0 Å². The van der Waals surface area contributed by atoms with E-state index in [1.807, 2.05) is 0 Å². The molecule has 0 aromatic rings. The van der Waals surface area contributed by atoms with Crippen LogP contribution in [0.25, 0.3) is 0 Å². The van der Waals surface area contributed by atoms with Crippen LogP contribution < -0.4 is 5.32 Å². The molecule has 0 aliphatic rings. The highest BCUT2D eigenvalue weighted by Gasteiger charge is 2.07. The largest absolute Gasteiger partial charge is 0.377 e. The molecule has 0 bridgehead atoms. The van der Waals surface area contributed by atoms with Crippen LogP contribution in [0.4, 0.5) is 0 Å². The van der Waals surface area contributed by atoms with Crippen molar-refractivity contribution in [1.82, 2.24) is 5.32 Å². The molecule has 0 aliphatic heterocycles. The van der Waals surface area contributed by atoms with Crippen LogP contribution in [-0.4, -0.2) is 25.3 Å². The fraction of sp³-hybridized carbons (Fsp3) is 1.00. The minimum Gasteiger partial charge on any atom is -0.377 e. The lowest BCUT2D eigenvalue weighted by atomic mass is 10.1. The third-order valence-corrected chi connectivity index (χ3v) is 2.53. The first-order valence-electron chi connectivity index (χ1n) is 6.55. The predicted octanol–water partition coefficient (Wildman–Crippen LogP) is 3.36. The van der Waals surface area contributed by atoms with E-state index in [1.54, 1.807) is 0 Å². The second-order valence-corrected chi connectivity index (χ2v) is 4.49. The quantitative estimate of drug-likeness (QED) is 0.564. The highest BCUT2D eigenvalue weighted by Crippen LogP contribution is 2.06. The minimum absolute atomic E-state index is 0.349. The van der Waals surface area contributed by atoms with Crippen molar-refractivity contribution in [3.63, 3.8) is 0 Å². The summed E-state index contributed by atoms with van der Waals surface area (Å²) in [5.74, 6) is 0. The van der Waals surface area contributed by atoms with Gasteiger partial charge in [-0.1, -0.05) is 39.5 Å². The summed E-state index contributed by atoms with van der Waals surface area (Å²) in [6, 6.07) is 0.550. The Morgan fingerprint density at radius 1 is 1.07 bits per heavy atom. The Hall–Kier alpha value is -0.0800. The molecule has 0 saturated carbocycles. The summed E-state index contributed by atoms with van der Waals surface area (Å²) >= 11 is 0. The van der Waals surface area contributed by atoms with Crippen molar-refractivity contribution in [2.75, 3.05) is 13.2 Å². The van der Waals surface area contributed by atoms with Gasteiger partial charge in [0, 0.05) is 6.04 Å². The van der Waals surface area contributed by atoms with Crippen LogP contribution in [0.2, 0.25) is 0 Å². The minimum atomic E-state index is 0.349. The highest BCUT2D eigenvalue weighted by atomic mass is 16.5. The molecule has 1 atom stereocenters. The van der Waals surface area contributed by atoms with Crippen LogP contribution in [0, 0.1) is 0 Å². The van der Waals surface area contributed by atoms with Crippen molar-refractivity contribution < 1.29 is 4.74 Å². The van der Waals surface area contributed by atoms with Crippen molar-refractivity contribution in [2.24, 2.45) is 0 Å². The van der Waals surface area contributed by atoms with E-state index in [4.69, 9.17) is 4.74 Å². The number of unbranched alkanes of at least 4 members (excludes halogenated alkanes) is 3. The molecule has 0 radical (unpaired) electrons. The van der Waals surface area contributed by atoms with Crippen LogP contribution in [0.1, 0.15) is 59.8 Å². The Morgan fingerprint density at radius 2 is 1.80 bits per heavy atom. The zero-order valence-electron chi connectivity index (χ0n) is 11.0. The molecule has 2 nitrogen and oxygen atoms in total. The maximum Gasteiger partial charge on any atom is 0.0623 e. The van der Waals surface area contributed by atoms with Crippen molar-refractivity contribution in [1.29, 1.82) is 0 Å². The molecule has 2 heteroatoms. The van der Waals surface area contributed by atoms with E-state index in [0.717, 1.165) is 13.2 Å². The van der Waals surface area contributed by atoms with E-state index in [-0.39, 0.29) is 0 Å². The van der Waals surface area contributed by atoms with Crippen LogP contribution in [0.5, 0.6) is 0 Å². The van der Waals surface area contributed by atoms with Gasteiger partial charge in [0.15, 0.2) is 0 Å². The molecule has 15 heavy (non-hydrogen) atoms. The molecular weight excluding hydrogens is 186 g/mol. The molecule has 92 valence electrons. The van der Waals surface area contributed by atoms with E-state index < -0.39 is 0 Å². The molecule has 0 heterocycles. The van der Waals surface area contributed by atoms with E-state index >= 15 is 0 Å². The first kappa shape index (κ1) is 14.9. The van der Waals surface area contributed by atoms with Crippen molar-refractivity contribution in [2.45, 2.75) is 71.9 Å². The van der Waals surface area contributed by atoms with Crippen LogP contribution in [-0.2, 0) is 4.74 Å². The Morgan fingerprint density at radius 3 is 2.33 bits per heavy atom. The standard InChI is InChI=1S/C13H29NO/c1-5-7-8-9-10-13(14-6-2)11-15-12(3)4/h12-14H,5-11H2,1-4H3. The number of hydrogen-bond donors (Lipinski definition) is 1. The SMILES string of the molecule is CCCCCCC(COC(C)C)NCC. The van der Waals surface area contributed by atoms with Gasteiger partial charge in [0.1, 0.15) is 0 Å². The van der Waals surface area contributed by atoms with Gasteiger partial charge in [-0.2, -0.15) is 0 Å². The average molecular weight is 215 g/mol. The molecule has 1 unspecified atom stereocenters. The summed E-state index contributed by atoms with van der Waals surface area (Å²) in [4.78, 5) is 0. The Balaban J connectivity index is 3.53. The summed E-state index contributed by atoms with van der Waals surface area (Å²) in [7, 11) is 0. The molecule has 0 fully saturated rings. The first-order chi connectivity index (χ1) is 7.20. The molecule has 0 amide bonds. The molecule has 0 saturated heterocycles. The van der Waals surface area contributed by atoms with Gasteiger partial charge in [-0.3, -0.25) is 0 Å². The fourth-order valence-electron chi connectivity index (χ4n) is 1.66. The lowest BCUT2D eigenvalue weighted by molar-refractivity contribution is 0.0593. The molecular formula is C13H29NO. The van der Waals surface area contributed by atoms with Gasteiger partial charge in [-0.25, -0.2) is 0 Å². The van der Waals surface area contributed by atoms with Crippen LogP contribution in [0.3, 0.4) is 0 Å². The Labute approximate surface area is 95.8 Å². The Kier molecular flexibility index (Phi) is 10.4. The summed E-state index contributed by atoms with van der Waals surface area (Å²) in [6.07, 6.45) is 6.97. The van der Waals surface area contributed by atoms with Gasteiger partial charge in [-0.05, 0) is 26.8 Å². The zero-order valence-corrected chi connectivity index (χ0v) is 11.0. The van der Waals surface area contributed by atoms with Gasteiger partial charge in [0.25, 0.3) is 0 Å². The molecule has 1 N–H and O–H groups in total. The van der Waals surface area contributed by atoms with Gasteiger partial charge in [-0.15, -0.1) is 0 Å². The number of ether oxygens (including phenoxy) is 1. The summed E-state index contributed by atoms with van der Waals surface area (Å²) in [5, 5.41) is 3.49. The van der Waals surface area contributed by atoms with Crippen molar-refractivity contribution in [3.05, 3.63) is 0 Å². The smallest absolute Gasteiger partial charge is 0.0623 e. The molecule has 0 rings (SSSR count). The summed E-state index contributed by atoms with van der Waals surface area (Å²) in [5.41, 5.74) is 0. The Bertz CT molecular complexity index is 126. The fourth-order valence-corrected chi connectivity index (χ4v) is 1.66. The summed E-state index contributed by atoms with van der Waals surface area (Å²) in [6.45, 7) is 10.5. The maximum atomic E-state index is 5.65. The second-order valence-electron chi connectivity index (χ2n) is 4.49. The van der Waals surface area contributed by atoms with E-state index in [1.165, 1.54) is 32.1 Å². The topological polar surface area (TPSA) is 21.3 Å². The van der Waals surface area contributed by atoms with E-state index in [2.05, 4.69) is 33.0 Å². The number of likely N-dealkylation sites (N-methyl/N-ethyl adjacent to an activating group) is 1. The van der Waals surface area contributed by atoms with Crippen molar-refractivity contribution in [3.8, 4) is 0 Å². The highest BCUT2D eigenvalue weighted by molar-refractivity contribution is 4.65. The monoisotopic (exact) mass is 215 g/mol. The van der Waals surface area contributed by atoms with Gasteiger partial charge in [0.2, 0.25) is 0 Å². The van der Waals surface area contributed by atoms with Gasteiger partial charge in [0.05, 0.1) is 12.7 Å². The van der Waals surface area contributed by atoms with E-state index in [0.29, 0.717) is 12.1 Å². The molecule has 0 spiro atoms. The van der Waals surface area contributed by atoms with Gasteiger partial charge < -0.3 is 10.1 Å². The maximum absolute atomic E-state index is 5.65. The third-order valence-electron chi connectivity index (χ3n) is 2.53. The molecule has 0 aromatic heterocycles. The van der Waals surface area contributed by atoms with Crippen LogP contribution >= 0.6 is 0 Å². The first-order valence-corrected chi connectivity index (χ1v) is 6.55. The second kappa shape index (κ2) is 10.4. The number of rotatable bonds is 10. The third kappa shape index (κ3) is 10.2. The molecule has 0 aromatic carbocycles. The predicted molar refractivity (Wildman–Crippen MR) is 67.3 cm³/mol.